The summed E-state index contributed by atoms with van der Waals surface area (Å²) in [7, 11) is -3.76. The minimum Gasteiger partial charge on any atom is -0.368 e. The molecule has 0 bridgehead atoms. The number of fused-ring (bicyclic) bond motifs is 1. The van der Waals surface area contributed by atoms with Gasteiger partial charge in [-0.05, 0) is 36.4 Å². The molecule has 2 aromatic heterocycles. The largest absolute Gasteiger partial charge is 0.368 e. The Labute approximate surface area is 156 Å². The highest BCUT2D eigenvalue weighted by Crippen LogP contribution is 2.27. The monoisotopic (exact) mass is 405 g/mol. The lowest BCUT2D eigenvalue weighted by Crippen LogP contribution is -2.11. The van der Waals surface area contributed by atoms with Crippen LogP contribution >= 0.6 is 11.3 Å². The molecule has 0 amide bonds. The smallest absolute Gasteiger partial charge is 0.248 e. The molecule has 0 unspecified atom stereocenters. The lowest BCUT2D eigenvalue weighted by atomic mass is 10.3. The summed E-state index contributed by atoms with van der Waals surface area (Å²) >= 11 is 1.29. The summed E-state index contributed by atoms with van der Waals surface area (Å²) in [5.41, 5.74) is 6.95. The van der Waals surface area contributed by atoms with Crippen molar-refractivity contribution in [2.24, 2.45) is 5.14 Å². The van der Waals surface area contributed by atoms with Gasteiger partial charge in [0.25, 0.3) is 0 Å². The van der Waals surface area contributed by atoms with Crippen molar-refractivity contribution in [3.63, 3.8) is 0 Å². The number of benzene rings is 2. The second-order valence-electron chi connectivity index (χ2n) is 5.51. The second kappa shape index (κ2) is 6.26. The average molecular weight is 405 g/mol. The lowest BCUT2D eigenvalue weighted by Gasteiger charge is -2.02. The highest BCUT2D eigenvalue weighted by Gasteiger charge is 2.14. The average Bonchev–Trinajstić information content (AvgIpc) is 3.17. The van der Waals surface area contributed by atoms with Crippen LogP contribution in [0.3, 0.4) is 0 Å². The number of nitrogens with two attached hydrogens (primary N) is 2. The molecule has 0 saturated heterocycles. The Hall–Kier alpha value is -3.09. The fourth-order valence-electron chi connectivity index (χ4n) is 2.35. The number of hydrogen-bond donors (Lipinski definition) is 3. The normalized spacial score (nSPS) is 11.8. The maximum absolute atomic E-state index is 13.3. The molecule has 138 valence electrons. The Balaban J connectivity index is 1.62. The third-order valence-electron chi connectivity index (χ3n) is 3.59. The van der Waals surface area contributed by atoms with E-state index in [1.165, 1.54) is 52.4 Å². The first-order valence-electron chi connectivity index (χ1n) is 7.48. The van der Waals surface area contributed by atoms with Gasteiger partial charge < -0.3 is 11.1 Å². The van der Waals surface area contributed by atoms with E-state index in [1.54, 1.807) is 6.07 Å². The van der Waals surface area contributed by atoms with Gasteiger partial charge in [0.2, 0.25) is 27.1 Å². The van der Waals surface area contributed by atoms with Crippen LogP contribution in [0.4, 0.5) is 22.0 Å². The number of nitrogens with zero attached hydrogens (tertiary/aromatic N) is 4. The molecule has 0 saturated carbocycles. The second-order valence-corrected chi connectivity index (χ2v) is 8.08. The van der Waals surface area contributed by atoms with E-state index in [-0.39, 0.29) is 22.6 Å². The molecular formula is C15H12FN7O2S2. The van der Waals surface area contributed by atoms with Crippen molar-refractivity contribution in [3.05, 3.63) is 48.3 Å². The molecule has 0 aliphatic carbocycles. The molecule has 0 atom stereocenters. The number of aromatic nitrogens is 4. The maximum atomic E-state index is 13.3. The predicted molar refractivity (Wildman–Crippen MR) is 100 cm³/mol. The SMILES string of the molecule is Nc1nc(Nc2ccc(S(N)(=O)=O)cc2)nn1-c1nc2cc(F)ccc2s1. The highest BCUT2D eigenvalue weighted by molar-refractivity contribution is 7.89. The van der Waals surface area contributed by atoms with Gasteiger partial charge in [-0.2, -0.15) is 9.67 Å². The summed E-state index contributed by atoms with van der Waals surface area (Å²) in [5.74, 6) is -0.0873. The number of primary sulfonamides is 1. The molecular weight excluding hydrogens is 393 g/mol. The Morgan fingerprint density at radius 1 is 1.11 bits per heavy atom. The molecule has 0 spiro atoms. The Morgan fingerprint density at radius 2 is 1.85 bits per heavy atom. The third-order valence-corrected chi connectivity index (χ3v) is 5.53. The van der Waals surface area contributed by atoms with E-state index < -0.39 is 10.0 Å². The quantitative estimate of drug-likeness (QED) is 0.471. The number of anilines is 3. The van der Waals surface area contributed by atoms with E-state index in [0.29, 0.717) is 16.3 Å². The summed E-state index contributed by atoms with van der Waals surface area (Å²) in [4.78, 5) is 8.42. The van der Waals surface area contributed by atoms with Crippen LogP contribution in [0.1, 0.15) is 0 Å². The van der Waals surface area contributed by atoms with Crippen LogP contribution < -0.4 is 16.2 Å². The van der Waals surface area contributed by atoms with Crippen molar-refractivity contribution in [1.82, 2.24) is 19.7 Å². The van der Waals surface area contributed by atoms with Gasteiger partial charge in [0.05, 0.1) is 15.1 Å². The zero-order chi connectivity index (χ0) is 19.2. The number of thiazole rings is 1. The highest BCUT2D eigenvalue weighted by atomic mass is 32.2. The van der Waals surface area contributed by atoms with Crippen LogP contribution in [0.15, 0.2) is 47.4 Å². The van der Waals surface area contributed by atoms with Gasteiger partial charge in [-0.25, -0.2) is 22.9 Å². The number of hydrogen-bond acceptors (Lipinski definition) is 8. The summed E-state index contributed by atoms with van der Waals surface area (Å²) in [6.45, 7) is 0. The van der Waals surface area contributed by atoms with Gasteiger partial charge >= 0.3 is 0 Å². The minimum absolute atomic E-state index is 0.00670. The zero-order valence-corrected chi connectivity index (χ0v) is 15.1. The molecule has 0 aliphatic rings. The van der Waals surface area contributed by atoms with Crippen molar-refractivity contribution < 1.29 is 12.8 Å². The van der Waals surface area contributed by atoms with E-state index in [1.807, 2.05) is 0 Å². The lowest BCUT2D eigenvalue weighted by molar-refractivity contribution is 0.598. The first kappa shape index (κ1) is 17.3. The number of rotatable bonds is 4. The van der Waals surface area contributed by atoms with E-state index >= 15 is 0 Å². The van der Waals surface area contributed by atoms with Crippen molar-refractivity contribution in [1.29, 1.82) is 0 Å². The first-order chi connectivity index (χ1) is 12.8. The summed E-state index contributed by atoms with van der Waals surface area (Å²) in [6, 6.07) is 10.1. The molecule has 0 aliphatic heterocycles. The number of nitrogen functional groups attached to an aromatic ring is 1. The Bertz CT molecular complexity index is 1250. The van der Waals surface area contributed by atoms with Gasteiger partial charge in [-0.15, -0.1) is 5.10 Å². The fourth-order valence-corrected chi connectivity index (χ4v) is 3.78. The number of nitrogens with one attached hydrogen (secondary N) is 1. The predicted octanol–water partition coefficient (Wildman–Crippen LogP) is 1.99. The van der Waals surface area contributed by atoms with E-state index in [9.17, 15) is 12.8 Å². The standard InChI is InChI=1S/C15H12FN7O2S2/c16-8-1-6-12-11(7-8)20-15(26-12)23-13(17)21-14(22-23)19-9-2-4-10(5-3-9)27(18,24)25/h1-7H,(H2,18,24,25)(H3,17,19,21,22). The number of sulfonamides is 1. The molecule has 0 fully saturated rings. The fraction of sp³-hybridized carbons (Fsp3) is 0. The number of halogens is 1. The topological polar surface area (TPSA) is 142 Å². The van der Waals surface area contributed by atoms with Crippen LogP contribution in [0.25, 0.3) is 15.3 Å². The first-order valence-corrected chi connectivity index (χ1v) is 9.85. The van der Waals surface area contributed by atoms with Crippen molar-refractivity contribution in [3.8, 4) is 5.13 Å². The van der Waals surface area contributed by atoms with Crippen LogP contribution in [0.5, 0.6) is 0 Å². The van der Waals surface area contributed by atoms with E-state index in [4.69, 9.17) is 10.9 Å². The summed E-state index contributed by atoms with van der Waals surface area (Å²) in [6.07, 6.45) is 0. The molecule has 4 rings (SSSR count). The Kier molecular flexibility index (Phi) is 4.02. The van der Waals surface area contributed by atoms with Gasteiger partial charge in [-0.1, -0.05) is 11.3 Å². The van der Waals surface area contributed by atoms with Gasteiger partial charge in [0, 0.05) is 11.8 Å². The molecule has 27 heavy (non-hydrogen) atoms. The van der Waals surface area contributed by atoms with Crippen LogP contribution in [-0.2, 0) is 10.0 Å². The molecule has 0 radical (unpaired) electrons. The zero-order valence-electron chi connectivity index (χ0n) is 13.5. The van der Waals surface area contributed by atoms with Crippen LogP contribution in [0, 0.1) is 5.82 Å². The molecule has 12 heteroatoms. The van der Waals surface area contributed by atoms with Gasteiger partial charge in [0.1, 0.15) is 5.82 Å². The minimum atomic E-state index is -3.76. The van der Waals surface area contributed by atoms with E-state index in [2.05, 4.69) is 20.4 Å². The van der Waals surface area contributed by atoms with E-state index in [0.717, 1.165) is 4.70 Å². The molecule has 9 nitrogen and oxygen atoms in total. The Morgan fingerprint density at radius 3 is 2.56 bits per heavy atom. The van der Waals surface area contributed by atoms with Crippen LogP contribution in [0.2, 0.25) is 0 Å². The van der Waals surface area contributed by atoms with Gasteiger partial charge in [-0.3, -0.25) is 0 Å². The summed E-state index contributed by atoms with van der Waals surface area (Å²) in [5, 5.41) is 12.7. The molecule has 2 aromatic carbocycles. The summed E-state index contributed by atoms with van der Waals surface area (Å²) < 4.78 is 38.0. The van der Waals surface area contributed by atoms with Crippen molar-refractivity contribution in [2.45, 2.75) is 4.90 Å². The molecule has 5 N–H and O–H groups in total. The molecule has 2 heterocycles. The molecule has 4 aromatic rings. The third kappa shape index (κ3) is 3.45. The van der Waals surface area contributed by atoms with Crippen LogP contribution in [-0.4, -0.2) is 28.2 Å². The van der Waals surface area contributed by atoms with Gasteiger partial charge in [0.15, 0.2) is 0 Å². The maximum Gasteiger partial charge on any atom is 0.248 e. The van der Waals surface area contributed by atoms with Crippen molar-refractivity contribution in [2.75, 3.05) is 11.1 Å². The van der Waals surface area contributed by atoms with Crippen molar-refractivity contribution >= 4 is 49.2 Å².